The molecule has 0 aliphatic carbocycles. The highest BCUT2D eigenvalue weighted by molar-refractivity contribution is 6.33. The zero-order chi connectivity index (χ0) is 15.5. The van der Waals surface area contributed by atoms with Gasteiger partial charge in [0.05, 0.1) is 10.7 Å². The zero-order valence-corrected chi connectivity index (χ0v) is 13.2. The van der Waals surface area contributed by atoms with Crippen molar-refractivity contribution in [3.05, 3.63) is 28.8 Å². The van der Waals surface area contributed by atoms with Gasteiger partial charge in [0.25, 0.3) is 0 Å². The molecule has 3 nitrogen and oxygen atoms in total. The summed E-state index contributed by atoms with van der Waals surface area (Å²) >= 11 is 6.06. The second kappa shape index (κ2) is 10.3. The van der Waals surface area contributed by atoms with Crippen LogP contribution in [0.25, 0.3) is 0 Å². The number of aliphatic hydroxyl groups excluding tert-OH is 1. The van der Waals surface area contributed by atoms with Gasteiger partial charge in [-0.1, -0.05) is 56.0 Å². The van der Waals surface area contributed by atoms with Crippen molar-refractivity contribution in [1.82, 2.24) is 0 Å². The lowest BCUT2D eigenvalue weighted by Crippen LogP contribution is -2.11. The molecule has 21 heavy (non-hydrogen) atoms. The van der Waals surface area contributed by atoms with Crippen molar-refractivity contribution in [3.63, 3.8) is 0 Å². The van der Waals surface area contributed by atoms with Crippen molar-refractivity contribution in [3.8, 4) is 11.8 Å². The Morgan fingerprint density at radius 3 is 2.76 bits per heavy atom. The Kier molecular flexibility index (Phi) is 8.57. The van der Waals surface area contributed by atoms with Crippen molar-refractivity contribution >= 4 is 23.2 Å². The number of benzene rings is 1. The molecule has 0 aliphatic heterocycles. The first-order valence-electron chi connectivity index (χ1n) is 7.36. The van der Waals surface area contributed by atoms with Crippen LogP contribution in [-0.4, -0.2) is 17.6 Å². The van der Waals surface area contributed by atoms with Crippen molar-refractivity contribution < 1.29 is 9.90 Å². The number of amides is 1. The third kappa shape index (κ3) is 7.17. The minimum absolute atomic E-state index is 0.0272. The molecule has 1 aromatic carbocycles. The van der Waals surface area contributed by atoms with E-state index in [2.05, 4.69) is 24.1 Å². The SMILES string of the molecule is CCCCCCCC(=O)Nc1cc(C#CCO)ccc1Cl. The predicted octanol–water partition coefficient (Wildman–Crippen LogP) is 3.98. The Morgan fingerprint density at radius 2 is 2.05 bits per heavy atom. The lowest BCUT2D eigenvalue weighted by Gasteiger charge is -2.08. The molecule has 1 aromatic rings. The molecule has 114 valence electrons. The van der Waals surface area contributed by atoms with E-state index in [9.17, 15) is 4.79 Å². The monoisotopic (exact) mass is 307 g/mol. The Balaban J connectivity index is 2.51. The average molecular weight is 308 g/mol. The molecular weight excluding hydrogens is 286 g/mol. The van der Waals surface area contributed by atoms with Crippen molar-refractivity contribution in [2.75, 3.05) is 11.9 Å². The summed E-state index contributed by atoms with van der Waals surface area (Å²) in [6.07, 6.45) is 6.08. The van der Waals surface area contributed by atoms with Crippen LogP contribution in [0.15, 0.2) is 18.2 Å². The number of hydrogen-bond acceptors (Lipinski definition) is 2. The largest absolute Gasteiger partial charge is 0.384 e. The number of aliphatic hydroxyl groups is 1. The third-order valence-electron chi connectivity index (χ3n) is 3.06. The Hall–Kier alpha value is -1.50. The van der Waals surface area contributed by atoms with Gasteiger partial charge in [-0.15, -0.1) is 0 Å². The standard InChI is InChI=1S/C17H22ClNO2/c1-2-3-4-5-6-9-17(21)19-16-13-14(8-7-12-20)10-11-15(16)18/h10-11,13,20H,2-6,9,12H2,1H3,(H,19,21). The van der Waals surface area contributed by atoms with Gasteiger partial charge in [-0.25, -0.2) is 0 Å². The van der Waals surface area contributed by atoms with Crippen LogP contribution in [0, 0.1) is 11.8 Å². The quantitative estimate of drug-likeness (QED) is 0.591. The van der Waals surface area contributed by atoms with Crippen LogP contribution in [0.1, 0.15) is 51.0 Å². The molecule has 4 heteroatoms. The van der Waals surface area contributed by atoms with Crippen molar-refractivity contribution in [1.29, 1.82) is 0 Å². The lowest BCUT2D eigenvalue weighted by atomic mass is 10.1. The molecule has 1 amide bonds. The van der Waals surface area contributed by atoms with Crippen LogP contribution >= 0.6 is 11.6 Å². The van der Waals surface area contributed by atoms with Gasteiger partial charge < -0.3 is 10.4 Å². The van der Waals surface area contributed by atoms with Crippen molar-refractivity contribution in [2.45, 2.75) is 45.4 Å². The maximum absolute atomic E-state index is 11.9. The van der Waals surface area contributed by atoms with Gasteiger partial charge in [0.1, 0.15) is 6.61 Å². The number of unbranched alkanes of at least 4 members (excludes halogenated alkanes) is 4. The minimum atomic E-state index is -0.192. The summed E-state index contributed by atoms with van der Waals surface area (Å²) in [5.41, 5.74) is 1.28. The molecule has 1 rings (SSSR count). The normalized spacial score (nSPS) is 9.86. The highest BCUT2D eigenvalue weighted by Gasteiger charge is 2.06. The maximum Gasteiger partial charge on any atom is 0.224 e. The summed E-state index contributed by atoms with van der Waals surface area (Å²) < 4.78 is 0. The Morgan fingerprint density at radius 1 is 1.29 bits per heavy atom. The number of hydrogen-bond donors (Lipinski definition) is 2. The first kappa shape index (κ1) is 17.6. The van der Waals surface area contributed by atoms with Gasteiger partial charge in [-0.05, 0) is 24.6 Å². The van der Waals surface area contributed by atoms with E-state index in [-0.39, 0.29) is 12.5 Å². The van der Waals surface area contributed by atoms with E-state index in [1.807, 2.05) is 0 Å². The van der Waals surface area contributed by atoms with Gasteiger partial charge >= 0.3 is 0 Å². The van der Waals surface area contributed by atoms with Crippen molar-refractivity contribution in [2.24, 2.45) is 0 Å². The topological polar surface area (TPSA) is 49.3 Å². The summed E-state index contributed by atoms with van der Waals surface area (Å²) in [7, 11) is 0. The van der Waals surface area contributed by atoms with Crippen LogP contribution in [-0.2, 0) is 4.79 Å². The molecule has 0 aromatic heterocycles. The third-order valence-corrected chi connectivity index (χ3v) is 3.39. The molecule has 0 bridgehead atoms. The summed E-state index contributed by atoms with van der Waals surface area (Å²) in [4.78, 5) is 11.9. The van der Waals surface area contributed by atoms with E-state index >= 15 is 0 Å². The Bertz CT molecular complexity index is 517. The number of nitrogens with one attached hydrogen (secondary N) is 1. The molecule has 0 atom stereocenters. The number of carbonyl (C=O) groups is 1. The lowest BCUT2D eigenvalue weighted by molar-refractivity contribution is -0.116. The Labute approximate surface area is 131 Å². The van der Waals surface area contributed by atoms with E-state index < -0.39 is 0 Å². The fourth-order valence-electron chi connectivity index (χ4n) is 1.94. The van der Waals surface area contributed by atoms with Gasteiger partial charge in [-0.3, -0.25) is 4.79 Å². The fourth-order valence-corrected chi connectivity index (χ4v) is 2.11. The van der Waals surface area contributed by atoms with Crippen LogP contribution in [0.3, 0.4) is 0 Å². The second-order valence-corrected chi connectivity index (χ2v) is 5.27. The molecule has 0 radical (unpaired) electrons. The molecule has 0 spiro atoms. The molecule has 0 saturated heterocycles. The number of halogens is 1. The second-order valence-electron chi connectivity index (χ2n) is 4.87. The average Bonchev–Trinajstić information content (AvgIpc) is 2.48. The van der Waals surface area contributed by atoms with Crippen LogP contribution < -0.4 is 5.32 Å². The summed E-state index contributed by atoms with van der Waals surface area (Å²) in [6, 6.07) is 5.17. The highest BCUT2D eigenvalue weighted by atomic mass is 35.5. The summed E-state index contributed by atoms with van der Waals surface area (Å²) in [5.74, 6) is 5.33. The van der Waals surface area contributed by atoms with E-state index in [1.54, 1.807) is 18.2 Å². The summed E-state index contributed by atoms with van der Waals surface area (Å²) in [5, 5.41) is 12.0. The number of anilines is 1. The maximum atomic E-state index is 11.9. The van der Waals surface area contributed by atoms with Crippen LogP contribution in [0.4, 0.5) is 5.69 Å². The predicted molar refractivity (Wildman–Crippen MR) is 87.4 cm³/mol. The summed E-state index contributed by atoms with van der Waals surface area (Å²) in [6.45, 7) is 1.98. The van der Waals surface area contributed by atoms with Gasteiger partial charge in [0.15, 0.2) is 0 Å². The van der Waals surface area contributed by atoms with E-state index in [4.69, 9.17) is 16.7 Å². The number of rotatable bonds is 7. The van der Waals surface area contributed by atoms with E-state index in [1.165, 1.54) is 19.3 Å². The fraction of sp³-hybridized carbons (Fsp3) is 0.471. The van der Waals surface area contributed by atoms with E-state index in [0.717, 1.165) is 12.8 Å². The van der Waals surface area contributed by atoms with Gasteiger partial charge in [0, 0.05) is 12.0 Å². The van der Waals surface area contributed by atoms with Gasteiger partial charge in [0.2, 0.25) is 5.91 Å². The molecule has 0 saturated carbocycles. The molecule has 2 N–H and O–H groups in total. The van der Waals surface area contributed by atoms with Crippen LogP contribution in [0.5, 0.6) is 0 Å². The molecule has 0 fully saturated rings. The smallest absolute Gasteiger partial charge is 0.224 e. The first-order valence-corrected chi connectivity index (χ1v) is 7.74. The molecule has 0 heterocycles. The molecule has 0 aliphatic rings. The minimum Gasteiger partial charge on any atom is -0.384 e. The van der Waals surface area contributed by atoms with E-state index in [0.29, 0.717) is 22.7 Å². The zero-order valence-electron chi connectivity index (χ0n) is 12.4. The molecule has 0 unspecified atom stereocenters. The first-order chi connectivity index (χ1) is 10.2. The highest BCUT2D eigenvalue weighted by Crippen LogP contribution is 2.23. The van der Waals surface area contributed by atoms with Gasteiger partial charge in [-0.2, -0.15) is 0 Å². The van der Waals surface area contributed by atoms with Crippen LogP contribution in [0.2, 0.25) is 5.02 Å². The number of carbonyl (C=O) groups excluding carboxylic acids is 1. The molecular formula is C17H22ClNO2.